The summed E-state index contributed by atoms with van der Waals surface area (Å²) in [5.74, 6) is 1.13. The summed E-state index contributed by atoms with van der Waals surface area (Å²) in [5, 5.41) is 10.3. The second-order valence-corrected chi connectivity index (χ2v) is 6.96. The van der Waals surface area contributed by atoms with Gasteiger partial charge in [0.05, 0.1) is 0 Å². The predicted octanol–water partition coefficient (Wildman–Crippen LogP) is 7.37. The summed E-state index contributed by atoms with van der Waals surface area (Å²) in [7, 11) is 0. The molecule has 1 heteroatoms. The second kappa shape index (κ2) is 12.4. The number of unbranched alkanes of at least 4 members (excludes halogenated alkanes) is 7. The van der Waals surface area contributed by atoms with E-state index in [4.69, 9.17) is 0 Å². The van der Waals surface area contributed by atoms with Gasteiger partial charge in [-0.2, -0.15) is 0 Å². The minimum absolute atomic E-state index is 0.519. The van der Waals surface area contributed by atoms with Crippen LogP contribution in [0.3, 0.4) is 0 Å². The van der Waals surface area contributed by atoms with Gasteiger partial charge in [0.1, 0.15) is 5.75 Å². The molecule has 0 aliphatic heterocycles. The first kappa shape index (κ1) is 20.1. The molecule has 0 bridgehead atoms. The van der Waals surface area contributed by atoms with Crippen molar-refractivity contribution in [2.75, 3.05) is 0 Å². The maximum Gasteiger partial charge on any atom is 0.119 e. The van der Waals surface area contributed by atoms with Crippen LogP contribution in [-0.2, 0) is 6.42 Å². The van der Waals surface area contributed by atoms with Crippen molar-refractivity contribution in [1.29, 1.82) is 0 Å². The highest BCUT2D eigenvalue weighted by Gasteiger charge is 2.15. The molecular weight excluding hydrogens is 280 g/mol. The van der Waals surface area contributed by atoms with Crippen LogP contribution in [0, 0.1) is 0 Å². The summed E-state index contributed by atoms with van der Waals surface area (Å²) in [6, 6.07) is 6.15. The Bertz CT molecular complexity index is 410. The Kier molecular flexibility index (Phi) is 10.9. The lowest BCUT2D eigenvalue weighted by Gasteiger charge is -2.20. The van der Waals surface area contributed by atoms with E-state index in [0.717, 1.165) is 6.42 Å². The molecule has 1 aromatic carbocycles. The fourth-order valence-corrected chi connectivity index (χ4v) is 3.55. The van der Waals surface area contributed by atoms with E-state index < -0.39 is 0 Å². The van der Waals surface area contributed by atoms with E-state index in [0.29, 0.717) is 11.7 Å². The summed E-state index contributed by atoms with van der Waals surface area (Å²) >= 11 is 0. The van der Waals surface area contributed by atoms with Gasteiger partial charge in [0, 0.05) is 0 Å². The van der Waals surface area contributed by atoms with E-state index in [2.05, 4.69) is 26.8 Å². The van der Waals surface area contributed by atoms with Gasteiger partial charge in [-0.15, -0.1) is 0 Å². The molecule has 0 fully saturated rings. The molecule has 23 heavy (non-hydrogen) atoms. The fourth-order valence-electron chi connectivity index (χ4n) is 3.55. The zero-order valence-corrected chi connectivity index (χ0v) is 15.7. The predicted molar refractivity (Wildman–Crippen MR) is 102 cm³/mol. The Morgan fingerprint density at radius 2 is 1.48 bits per heavy atom. The molecule has 0 heterocycles. The molecule has 1 unspecified atom stereocenters. The third-order valence-electron chi connectivity index (χ3n) is 5.06. The fraction of sp³-hybridized carbons (Fsp3) is 0.727. The Morgan fingerprint density at radius 3 is 2.17 bits per heavy atom. The van der Waals surface area contributed by atoms with Gasteiger partial charge in [-0.3, -0.25) is 0 Å². The smallest absolute Gasteiger partial charge is 0.119 e. The number of benzene rings is 1. The number of aromatic hydroxyl groups is 1. The summed E-state index contributed by atoms with van der Waals surface area (Å²) in [6.45, 7) is 6.81. The van der Waals surface area contributed by atoms with Crippen molar-refractivity contribution >= 4 is 0 Å². The standard InChI is InChI=1S/C22H38O/c1-4-7-9-10-11-13-16-21-20(17-14-18-22(21)23)19(6-3)15-12-8-5-2/h14,17-19,23H,4-13,15-16H2,1-3H3. The summed E-state index contributed by atoms with van der Waals surface area (Å²) < 4.78 is 0. The van der Waals surface area contributed by atoms with Crippen molar-refractivity contribution in [2.24, 2.45) is 0 Å². The van der Waals surface area contributed by atoms with Gasteiger partial charge < -0.3 is 5.11 Å². The molecule has 0 radical (unpaired) electrons. The van der Waals surface area contributed by atoms with Crippen LogP contribution >= 0.6 is 0 Å². The maximum absolute atomic E-state index is 10.3. The van der Waals surface area contributed by atoms with Crippen LogP contribution in [0.25, 0.3) is 0 Å². The molecule has 132 valence electrons. The average Bonchev–Trinajstić information content (AvgIpc) is 2.56. The van der Waals surface area contributed by atoms with Gasteiger partial charge in [-0.1, -0.05) is 84.3 Å². The lowest BCUT2D eigenvalue weighted by Crippen LogP contribution is -2.03. The molecule has 1 nitrogen and oxygen atoms in total. The lowest BCUT2D eigenvalue weighted by atomic mass is 9.86. The molecule has 0 saturated heterocycles. The highest BCUT2D eigenvalue weighted by atomic mass is 16.3. The number of phenols is 1. The first-order valence-corrected chi connectivity index (χ1v) is 10.0. The van der Waals surface area contributed by atoms with Crippen LogP contribution in [0.4, 0.5) is 0 Å². The molecule has 1 aromatic rings. The zero-order valence-electron chi connectivity index (χ0n) is 15.7. The first-order chi connectivity index (χ1) is 11.2. The Labute approximate surface area is 144 Å². The maximum atomic E-state index is 10.3. The minimum Gasteiger partial charge on any atom is -0.508 e. The van der Waals surface area contributed by atoms with Gasteiger partial charge in [-0.05, 0) is 48.8 Å². The minimum atomic E-state index is 0.519. The topological polar surface area (TPSA) is 20.2 Å². The molecule has 0 amide bonds. The average molecular weight is 319 g/mol. The van der Waals surface area contributed by atoms with E-state index in [1.165, 1.54) is 81.8 Å². The van der Waals surface area contributed by atoms with E-state index >= 15 is 0 Å². The van der Waals surface area contributed by atoms with E-state index in [-0.39, 0.29) is 0 Å². The van der Waals surface area contributed by atoms with Gasteiger partial charge in [0.25, 0.3) is 0 Å². The monoisotopic (exact) mass is 318 g/mol. The van der Waals surface area contributed by atoms with E-state index in [1.807, 2.05) is 12.1 Å². The van der Waals surface area contributed by atoms with Crippen molar-refractivity contribution in [2.45, 2.75) is 104 Å². The number of rotatable bonds is 13. The Balaban J connectivity index is 2.62. The SMILES string of the molecule is CCCCCCCCc1c(O)cccc1C(CC)CCCCC. The first-order valence-electron chi connectivity index (χ1n) is 10.0. The molecule has 1 rings (SSSR count). The van der Waals surface area contributed by atoms with Crippen LogP contribution in [0.2, 0.25) is 0 Å². The Morgan fingerprint density at radius 1 is 0.826 bits per heavy atom. The third-order valence-corrected chi connectivity index (χ3v) is 5.06. The Hall–Kier alpha value is -0.980. The van der Waals surface area contributed by atoms with Crippen LogP contribution in [0.1, 0.15) is 108 Å². The summed E-state index contributed by atoms with van der Waals surface area (Å²) in [5.41, 5.74) is 2.64. The highest BCUT2D eigenvalue weighted by Crippen LogP contribution is 2.33. The summed E-state index contributed by atoms with van der Waals surface area (Å²) in [6.07, 6.45) is 15.2. The molecule has 0 aliphatic rings. The van der Waals surface area contributed by atoms with Crippen molar-refractivity contribution in [3.8, 4) is 5.75 Å². The van der Waals surface area contributed by atoms with Crippen molar-refractivity contribution in [3.05, 3.63) is 29.3 Å². The van der Waals surface area contributed by atoms with Crippen LogP contribution in [-0.4, -0.2) is 5.11 Å². The van der Waals surface area contributed by atoms with Crippen molar-refractivity contribution < 1.29 is 5.11 Å². The van der Waals surface area contributed by atoms with Gasteiger partial charge >= 0.3 is 0 Å². The van der Waals surface area contributed by atoms with Gasteiger partial charge in [0.15, 0.2) is 0 Å². The van der Waals surface area contributed by atoms with E-state index in [1.54, 1.807) is 0 Å². The number of hydrogen-bond acceptors (Lipinski definition) is 1. The molecule has 0 saturated carbocycles. The second-order valence-electron chi connectivity index (χ2n) is 6.96. The molecule has 1 atom stereocenters. The van der Waals surface area contributed by atoms with E-state index in [9.17, 15) is 5.11 Å². The molecule has 0 aromatic heterocycles. The van der Waals surface area contributed by atoms with Gasteiger partial charge in [0.2, 0.25) is 0 Å². The van der Waals surface area contributed by atoms with Gasteiger partial charge in [-0.25, -0.2) is 0 Å². The molecular formula is C22H38O. The quantitative estimate of drug-likeness (QED) is 0.376. The summed E-state index contributed by atoms with van der Waals surface area (Å²) in [4.78, 5) is 0. The number of phenolic OH excluding ortho intramolecular Hbond substituents is 1. The van der Waals surface area contributed by atoms with Crippen LogP contribution in [0.5, 0.6) is 5.75 Å². The van der Waals surface area contributed by atoms with Crippen LogP contribution < -0.4 is 0 Å². The zero-order chi connectivity index (χ0) is 16.9. The molecule has 0 spiro atoms. The van der Waals surface area contributed by atoms with Crippen LogP contribution in [0.15, 0.2) is 18.2 Å². The highest BCUT2D eigenvalue weighted by molar-refractivity contribution is 5.41. The van der Waals surface area contributed by atoms with Crippen molar-refractivity contribution in [3.63, 3.8) is 0 Å². The molecule has 0 aliphatic carbocycles. The normalized spacial score (nSPS) is 12.5. The van der Waals surface area contributed by atoms with Crippen molar-refractivity contribution in [1.82, 2.24) is 0 Å². The third kappa shape index (κ3) is 7.42. The lowest BCUT2D eigenvalue weighted by molar-refractivity contribution is 0.460. The number of hydrogen-bond donors (Lipinski definition) is 1. The molecule has 1 N–H and O–H groups in total. The largest absolute Gasteiger partial charge is 0.508 e.